The Morgan fingerprint density at radius 3 is 2.50 bits per heavy atom. The number of amides is 1. The summed E-state index contributed by atoms with van der Waals surface area (Å²) < 4.78 is 1.21. The smallest absolute Gasteiger partial charge is 0.253 e. The van der Waals surface area contributed by atoms with E-state index < -0.39 is 11.8 Å². The number of nitrogens with zero attached hydrogens (tertiary/aromatic N) is 2. The summed E-state index contributed by atoms with van der Waals surface area (Å²) in [6.07, 6.45) is 3.28. The van der Waals surface area contributed by atoms with Crippen LogP contribution in [-0.2, 0) is 4.79 Å². The van der Waals surface area contributed by atoms with Gasteiger partial charge < -0.3 is 4.90 Å². The van der Waals surface area contributed by atoms with Gasteiger partial charge >= 0.3 is 0 Å². The number of Topliss-reactive ketones (excluding diaryl/α,β-unsaturated/α-hetero) is 1. The van der Waals surface area contributed by atoms with Gasteiger partial charge in [-0.25, -0.2) is 0 Å². The fraction of sp³-hybridized carbons (Fsp3) is 0.350. The van der Waals surface area contributed by atoms with Crippen molar-refractivity contribution in [3.8, 4) is 0 Å². The van der Waals surface area contributed by atoms with Crippen molar-refractivity contribution in [2.45, 2.75) is 25.8 Å². The molecular formula is C20H21ClN2O3. The van der Waals surface area contributed by atoms with E-state index in [0.717, 1.165) is 12.8 Å². The Kier molecular flexibility index (Phi) is 5.57. The molecule has 1 fully saturated rings. The van der Waals surface area contributed by atoms with Crippen molar-refractivity contribution < 1.29 is 9.59 Å². The molecule has 26 heavy (non-hydrogen) atoms. The highest BCUT2D eigenvalue weighted by molar-refractivity contribution is 6.31. The lowest BCUT2D eigenvalue weighted by Crippen LogP contribution is -2.46. The zero-order valence-corrected chi connectivity index (χ0v) is 15.4. The fourth-order valence-corrected chi connectivity index (χ4v) is 3.40. The number of carbonyl (C=O) groups is 2. The van der Waals surface area contributed by atoms with E-state index in [2.05, 4.69) is 6.92 Å². The van der Waals surface area contributed by atoms with Crippen LogP contribution < -0.4 is 5.56 Å². The Morgan fingerprint density at radius 1 is 1.12 bits per heavy atom. The molecule has 5 nitrogen and oxygen atoms in total. The summed E-state index contributed by atoms with van der Waals surface area (Å²) in [6.45, 7) is 3.35. The van der Waals surface area contributed by atoms with Crippen LogP contribution in [0.5, 0.6) is 0 Å². The summed E-state index contributed by atoms with van der Waals surface area (Å²) >= 11 is 6.00. The van der Waals surface area contributed by atoms with E-state index in [1.807, 2.05) is 0 Å². The number of hydrogen-bond acceptors (Lipinski definition) is 3. The van der Waals surface area contributed by atoms with Crippen LogP contribution in [0.3, 0.4) is 0 Å². The molecule has 0 aliphatic carbocycles. The maximum absolute atomic E-state index is 13.2. The predicted octanol–water partition coefficient (Wildman–Crippen LogP) is 3.18. The molecule has 1 aliphatic rings. The molecule has 0 radical (unpaired) electrons. The van der Waals surface area contributed by atoms with Crippen LogP contribution in [0.15, 0.2) is 53.5 Å². The second-order valence-electron chi connectivity index (χ2n) is 6.73. The van der Waals surface area contributed by atoms with E-state index in [1.54, 1.807) is 35.2 Å². The number of pyridine rings is 1. The third-order valence-electron chi connectivity index (χ3n) is 4.82. The molecule has 1 aromatic carbocycles. The average Bonchev–Trinajstić information content (AvgIpc) is 2.64. The Hall–Kier alpha value is -2.40. The van der Waals surface area contributed by atoms with E-state index in [9.17, 15) is 14.4 Å². The summed E-state index contributed by atoms with van der Waals surface area (Å²) in [4.78, 5) is 40.3. The number of aromatic nitrogens is 1. The topological polar surface area (TPSA) is 59.4 Å². The largest absolute Gasteiger partial charge is 0.340 e. The second-order valence-corrected chi connectivity index (χ2v) is 7.17. The summed E-state index contributed by atoms with van der Waals surface area (Å²) in [7, 11) is 0. The van der Waals surface area contributed by atoms with Crippen LogP contribution in [0, 0.1) is 5.92 Å². The predicted molar refractivity (Wildman–Crippen MR) is 100 cm³/mol. The molecular weight excluding hydrogens is 352 g/mol. The number of rotatable bonds is 4. The summed E-state index contributed by atoms with van der Waals surface area (Å²) in [5.74, 6) is -0.208. The number of ketones is 1. The molecule has 1 aromatic heterocycles. The summed E-state index contributed by atoms with van der Waals surface area (Å²) in [5, 5.41) is 0.411. The molecule has 1 atom stereocenters. The Balaban J connectivity index is 1.99. The minimum atomic E-state index is -1.21. The molecule has 2 aromatic rings. The van der Waals surface area contributed by atoms with Crippen LogP contribution in [0.25, 0.3) is 0 Å². The Morgan fingerprint density at radius 2 is 1.85 bits per heavy atom. The van der Waals surface area contributed by atoms with E-state index >= 15 is 0 Å². The van der Waals surface area contributed by atoms with Gasteiger partial charge in [0.1, 0.15) is 0 Å². The average molecular weight is 373 g/mol. The van der Waals surface area contributed by atoms with Gasteiger partial charge in [0, 0.05) is 35.9 Å². The molecule has 0 spiro atoms. The van der Waals surface area contributed by atoms with E-state index in [4.69, 9.17) is 11.6 Å². The minimum absolute atomic E-state index is 0.317. The highest BCUT2D eigenvalue weighted by atomic mass is 35.5. The maximum atomic E-state index is 13.2. The van der Waals surface area contributed by atoms with Gasteiger partial charge in [0.15, 0.2) is 11.8 Å². The highest BCUT2D eigenvalue weighted by Gasteiger charge is 2.34. The number of hydrogen-bond donors (Lipinski definition) is 0. The van der Waals surface area contributed by atoms with Gasteiger partial charge in [-0.15, -0.1) is 0 Å². The number of benzene rings is 1. The molecule has 3 rings (SSSR count). The Labute approximate surface area is 157 Å². The molecule has 6 heteroatoms. The third kappa shape index (κ3) is 3.88. The van der Waals surface area contributed by atoms with Crippen molar-refractivity contribution in [3.63, 3.8) is 0 Å². The number of carbonyl (C=O) groups excluding carboxylic acids is 2. The molecule has 136 valence electrons. The first-order chi connectivity index (χ1) is 12.5. The monoisotopic (exact) mass is 372 g/mol. The zero-order valence-electron chi connectivity index (χ0n) is 14.6. The van der Waals surface area contributed by atoms with Gasteiger partial charge in [0.05, 0.1) is 0 Å². The molecule has 2 heterocycles. The normalized spacial score (nSPS) is 16.3. The quantitative estimate of drug-likeness (QED) is 0.611. The lowest BCUT2D eigenvalue weighted by atomic mass is 9.97. The number of piperidine rings is 1. The number of halogens is 1. The minimum Gasteiger partial charge on any atom is -0.340 e. The van der Waals surface area contributed by atoms with Gasteiger partial charge in [-0.3, -0.25) is 19.0 Å². The highest BCUT2D eigenvalue weighted by Crippen LogP contribution is 2.23. The van der Waals surface area contributed by atoms with Crippen molar-refractivity contribution in [2.75, 3.05) is 13.1 Å². The van der Waals surface area contributed by atoms with E-state index in [-0.39, 0.29) is 11.5 Å². The molecule has 1 aliphatic heterocycles. The van der Waals surface area contributed by atoms with Crippen molar-refractivity contribution in [1.29, 1.82) is 0 Å². The molecule has 0 unspecified atom stereocenters. The van der Waals surface area contributed by atoms with Crippen LogP contribution in [0.2, 0.25) is 5.02 Å². The fourth-order valence-electron chi connectivity index (χ4n) is 3.21. The lowest BCUT2D eigenvalue weighted by Gasteiger charge is -2.33. The van der Waals surface area contributed by atoms with Crippen LogP contribution in [0.1, 0.15) is 36.2 Å². The Bertz CT molecular complexity index is 869. The SMILES string of the molecule is CC1CCN(C(=O)[C@@H](C(=O)c2cccc(Cl)c2)n2ccccc2=O)CC1. The molecule has 0 N–H and O–H groups in total. The van der Waals surface area contributed by atoms with Crippen molar-refractivity contribution in [2.24, 2.45) is 5.92 Å². The van der Waals surface area contributed by atoms with Gasteiger partial charge in [-0.1, -0.05) is 36.7 Å². The van der Waals surface area contributed by atoms with Gasteiger partial charge in [0.25, 0.3) is 11.5 Å². The van der Waals surface area contributed by atoms with Crippen molar-refractivity contribution in [1.82, 2.24) is 9.47 Å². The summed E-state index contributed by atoms with van der Waals surface area (Å²) in [6, 6.07) is 9.83. The first-order valence-corrected chi connectivity index (χ1v) is 9.11. The van der Waals surface area contributed by atoms with Crippen molar-refractivity contribution >= 4 is 23.3 Å². The van der Waals surface area contributed by atoms with Crippen LogP contribution in [0.4, 0.5) is 0 Å². The first-order valence-electron chi connectivity index (χ1n) is 8.73. The lowest BCUT2D eigenvalue weighted by molar-refractivity contribution is -0.134. The number of likely N-dealkylation sites (tertiary alicyclic amines) is 1. The first kappa shape index (κ1) is 18.4. The van der Waals surface area contributed by atoms with Gasteiger partial charge in [-0.05, 0) is 37.0 Å². The molecule has 0 saturated carbocycles. The van der Waals surface area contributed by atoms with Gasteiger partial charge in [-0.2, -0.15) is 0 Å². The van der Waals surface area contributed by atoms with Crippen LogP contribution in [-0.4, -0.2) is 34.2 Å². The maximum Gasteiger partial charge on any atom is 0.253 e. The summed E-state index contributed by atoms with van der Waals surface area (Å²) in [5.41, 5.74) is -0.0661. The zero-order chi connectivity index (χ0) is 18.7. The van der Waals surface area contributed by atoms with E-state index in [1.165, 1.54) is 22.9 Å². The molecule has 1 saturated heterocycles. The van der Waals surface area contributed by atoms with Crippen LogP contribution >= 0.6 is 11.6 Å². The molecule has 1 amide bonds. The second kappa shape index (κ2) is 7.87. The van der Waals surface area contributed by atoms with Crippen molar-refractivity contribution in [3.05, 3.63) is 69.6 Å². The van der Waals surface area contributed by atoms with E-state index in [0.29, 0.717) is 29.6 Å². The van der Waals surface area contributed by atoms with Gasteiger partial charge in [0.2, 0.25) is 0 Å². The standard InChI is InChI=1S/C20H21ClN2O3/c1-14-8-11-22(12-9-14)20(26)18(23-10-3-2-7-17(23)24)19(25)15-5-4-6-16(21)13-15/h2-7,10,13-14,18H,8-9,11-12H2,1H3/t18-/m1/s1. The third-order valence-corrected chi connectivity index (χ3v) is 5.05. The molecule has 0 bridgehead atoms.